The molecule has 0 saturated carbocycles. The largest absolute Gasteiger partial charge is 0.479 e. The topological polar surface area (TPSA) is 133 Å². The van der Waals surface area contributed by atoms with Crippen molar-refractivity contribution in [3.05, 3.63) is 85.6 Å². The Bertz CT molecular complexity index is 1610. The van der Waals surface area contributed by atoms with Gasteiger partial charge >= 0.3 is 18.2 Å². The number of nitrogens with zero attached hydrogens (tertiary/aromatic N) is 5. The molecule has 1 atom stereocenters. The van der Waals surface area contributed by atoms with Crippen molar-refractivity contribution in [3.63, 3.8) is 0 Å². The number of hydrogen-bond acceptors (Lipinski definition) is 8. The van der Waals surface area contributed by atoms with Crippen LogP contribution in [0.25, 0.3) is 5.69 Å². The van der Waals surface area contributed by atoms with Gasteiger partial charge in [-0.1, -0.05) is 35.3 Å². The molecule has 2 N–H and O–H groups in total. The van der Waals surface area contributed by atoms with E-state index >= 15 is 0 Å². The Morgan fingerprint density at radius 3 is 2.38 bits per heavy atom. The molecule has 0 saturated heterocycles. The van der Waals surface area contributed by atoms with Gasteiger partial charge in [0.2, 0.25) is 5.88 Å². The standard InChI is InChI=1S/C24H19Cl2F3N6O5/c1-34-10-13(8-14(26)21(34)36)31-17(11-4-6-12(25)7-5-11)16-18(22(37)38)33-35(19(16)24(27,28)29)15-9-30-23(40-3)32-20(15)39-2/h4-10,17,31H,1-3H3,(H,37,38). The lowest BCUT2D eigenvalue weighted by molar-refractivity contribution is -0.143. The van der Waals surface area contributed by atoms with E-state index in [1.165, 1.54) is 50.7 Å². The molecule has 0 bridgehead atoms. The van der Waals surface area contributed by atoms with Crippen LogP contribution >= 0.6 is 23.2 Å². The smallest absolute Gasteiger partial charge is 0.433 e. The summed E-state index contributed by atoms with van der Waals surface area (Å²) in [5.41, 5.74) is -3.74. The second-order valence-corrected chi connectivity index (χ2v) is 9.04. The van der Waals surface area contributed by atoms with E-state index in [9.17, 15) is 27.9 Å². The second kappa shape index (κ2) is 11.1. The van der Waals surface area contributed by atoms with Crippen molar-refractivity contribution in [1.29, 1.82) is 0 Å². The highest BCUT2D eigenvalue weighted by molar-refractivity contribution is 6.30. The van der Waals surface area contributed by atoms with Crippen LogP contribution in [0.5, 0.6) is 11.9 Å². The normalized spacial score (nSPS) is 12.2. The molecule has 4 aromatic rings. The third-order valence-electron chi connectivity index (χ3n) is 5.65. The van der Waals surface area contributed by atoms with E-state index in [-0.39, 0.29) is 33.2 Å². The average Bonchev–Trinajstić information content (AvgIpc) is 3.32. The van der Waals surface area contributed by atoms with Crippen LogP contribution < -0.4 is 20.3 Å². The molecule has 40 heavy (non-hydrogen) atoms. The minimum atomic E-state index is -5.14. The lowest BCUT2D eigenvalue weighted by atomic mass is 9.95. The number of carbonyl (C=O) groups is 1. The van der Waals surface area contributed by atoms with Crippen molar-refractivity contribution in [2.24, 2.45) is 7.05 Å². The molecule has 0 spiro atoms. The lowest BCUT2D eigenvalue weighted by Crippen LogP contribution is -2.23. The summed E-state index contributed by atoms with van der Waals surface area (Å²) in [5.74, 6) is -2.10. The van der Waals surface area contributed by atoms with E-state index in [2.05, 4.69) is 20.4 Å². The molecule has 3 heterocycles. The van der Waals surface area contributed by atoms with E-state index < -0.39 is 46.4 Å². The molecule has 0 fully saturated rings. The maximum absolute atomic E-state index is 14.8. The lowest BCUT2D eigenvalue weighted by Gasteiger charge is -2.23. The van der Waals surface area contributed by atoms with Gasteiger partial charge in [0.25, 0.3) is 5.56 Å². The zero-order valence-electron chi connectivity index (χ0n) is 20.8. The number of nitrogens with one attached hydrogen (secondary N) is 1. The number of alkyl halides is 3. The van der Waals surface area contributed by atoms with Crippen molar-refractivity contribution in [2.45, 2.75) is 12.2 Å². The summed E-state index contributed by atoms with van der Waals surface area (Å²) >= 11 is 12.0. The van der Waals surface area contributed by atoms with Crippen LogP contribution in [0, 0.1) is 0 Å². The van der Waals surface area contributed by atoms with Crippen molar-refractivity contribution >= 4 is 34.9 Å². The fraction of sp³-hybridized carbons (Fsp3) is 0.208. The number of anilines is 1. The van der Waals surface area contributed by atoms with Crippen LogP contribution in [-0.4, -0.2) is 49.6 Å². The number of rotatable bonds is 8. The molecule has 0 aliphatic rings. The summed E-state index contributed by atoms with van der Waals surface area (Å²) < 4.78 is 56.0. The van der Waals surface area contributed by atoms with Gasteiger partial charge in [0.15, 0.2) is 11.4 Å². The van der Waals surface area contributed by atoms with Crippen LogP contribution in [0.1, 0.15) is 33.4 Å². The summed E-state index contributed by atoms with van der Waals surface area (Å²) in [4.78, 5) is 32.2. The zero-order chi connectivity index (χ0) is 29.4. The molecule has 210 valence electrons. The Morgan fingerprint density at radius 1 is 1.15 bits per heavy atom. The van der Waals surface area contributed by atoms with Gasteiger partial charge in [0.05, 0.1) is 32.1 Å². The third-order valence-corrected chi connectivity index (χ3v) is 6.18. The number of aryl methyl sites for hydroxylation is 1. The Kier molecular flexibility index (Phi) is 7.93. The molecule has 3 aromatic heterocycles. The summed E-state index contributed by atoms with van der Waals surface area (Å²) in [6, 6.07) is 5.23. The molecule has 0 radical (unpaired) electrons. The van der Waals surface area contributed by atoms with Gasteiger partial charge in [-0.3, -0.25) is 4.79 Å². The molecule has 0 amide bonds. The van der Waals surface area contributed by atoms with Crippen LogP contribution in [0.2, 0.25) is 10.0 Å². The van der Waals surface area contributed by atoms with Gasteiger partial charge in [-0.25, -0.2) is 14.5 Å². The quantitative estimate of drug-likeness (QED) is 0.298. The first-order chi connectivity index (χ1) is 18.8. The summed E-state index contributed by atoms with van der Waals surface area (Å²) in [6.45, 7) is 0. The number of carboxylic acids is 1. The first-order valence-electron chi connectivity index (χ1n) is 11.1. The molecule has 1 aromatic carbocycles. The highest BCUT2D eigenvalue weighted by Gasteiger charge is 2.45. The SMILES string of the molecule is COc1ncc(-n2nc(C(=O)O)c(C(Nc3cc(Cl)c(=O)n(C)c3)c3ccc(Cl)cc3)c2C(F)(F)F)c(OC)n1. The Balaban J connectivity index is 2.07. The number of aromatic carboxylic acids is 1. The Morgan fingerprint density at radius 2 is 1.82 bits per heavy atom. The predicted molar refractivity (Wildman–Crippen MR) is 138 cm³/mol. The first kappa shape index (κ1) is 28.7. The van der Waals surface area contributed by atoms with Crippen LogP contribution in [0.15, 0.2) is 47.5 Å². The van der Waals surface area contributed by atoms with E-state index in [1.54, 1.807) is 0 Å². The van der Waals surface area contributed by atoms with Crippen LogP contribution in [-0.2, 0) is 13.2 Å². The first-order valence-corrected chi connectivity index (χ1v) is 11.9. The minimum absolute atomic E-state index is 0.120. The van der Waals surface area contributed by atoms with Gasteiger partial charge in [0.1, 0.15) is 10.7 Å². The number of methoxy groups -OCH3 is 2. The van der Waals surface area contributed by atoms with E-state index in [1.807, 2.05) is 0 Å². The van der Waals surface area contributed by atoms with E-state index in [4.69, 9.17) is 32.7 Å². The molecular weight excluding hydrogens is 580 g/mol. The van der Waals surface area contributed by atoms with Gasteiger partial charge in [-0.05, 0) is 23.8 Å². The number of pyridine rings is 1. The van der Waals surface area contributed by atoms with Gasteiger partial charge < -0.3 is 24.5 Å². The Hall–Kier alpha value is -4.30. The molecule has 0 aliphatic carbocycles. The molecule has 1 unspecified atom stereocenters. The van der Waals surface area contributed by atoms with Gasteiger partial charge in [-0.15, -0.1) is 0 Å². The molecule has 0 aliphatic heterocycles. The zero-order valence-corrected chi connectivity index (χ0v) is 22.3. The number of halogens is 5. The number of ether oxygens (including phenoxy) is 2. The van der Waals surface area contributed by atoms with Gasteiger partial charge in [-0.2, -0.15) is 23.3 Å². The van der Waals surface area contributed by atoms with Gasteiger partial charge in [0, 0.05) is 23.8 Å². The van der Waals surface area contributed by atoms with Crippen molar-refractivity contribution in [1.82, 2.24) is 24.3 Å². The fourth-order valence-corrected chi connectivity index (χ4v) is 4.32. The number of hydrogen-bond donors (Lipinski definition) is 2. The summed E-state index contributed by atoms with van der Waals surface area (Å²) in [7, 11) is 3.80. The molecule has 16 heteroatoms. The number of carboxylic acid groups (broad SMARTS) is 1. The van der Waals surface area contributed by atoms with Crippen molar-refractivity contribution in [3.8, 4) is 17.6 Å². The monoisotopic (exact) mass is 598 g/mol. The molecular formula is C24H19Cl2F3N6O5. The maximum Gasteiger partial charge on any atom is 0.433 e. The predicted octanol–water partition coefficient (Wildman–Crippen LogP) is 4.60. The van der Waals surface area contributed by atoms with Crippen LogP contribution in [0.3, 0.4) is 0 Å². The van der Waals surface area contributed by atoms with E-state index in [0.717, 1.165) is 17.9 Å². The maximum atomic E-state index is 14.8. The molecule has 11 nitrogen and oxygen atoms in total. The van der Waals surface area contributed by atoms with E-state index in [0.29, 0.717) is 4.68 Å². The second-order valence-electron chi connectivity index (χ2n) is 8.20. The minimum Gasteiger partial charge on any atom is -0.479 e. The van der Waals surface area contributed by atoms with Crippen molar-refractivity contribution < 1.29 is 32.5 Å². The van der Waals surface area contributed by atoms with Crippen molar-refractivity contribution in [2.75, 3.05) is 19.5 Å². The summed E-state index contributed by atoms with van der Waals surface area (Å²) in [5, 5.41) is 16.8. The summed E-state index contributed by atoms with van der Waals surface area (Å²) in [6.07, 6.45) is -2.89. The Labute approximate surface area is 233 Å². The number of aromatic nitrogens is 5. The highest BCUT2D eigenvalue weighted by atomic mass is 35.5. The average molecular weight is 599 g/mol. The third kappa shape index (κ3) is 5.53. The highest BCUT2D eigenvalue weighted by Crippen LogP contribution is 2.42. The molecule has 4 rings (SSSR count). The number of benzene rings is 1. The van der Waals surface area contributed by atoms with Crippen LogP contribution in [0.4, 0.5) is 18.9 Å². The fourth-order valence-electron chi connectivity index (χ4n) is 3.94.